The molecule has 0 aliphatic heterocycles. The van der Waals surface area contributed by atoms with E-state index in [2.05, 4.69) is 37.1 Å². The van der Waals surface area contributed by atoms with Crippen LogP contribution in [0.2, 0.25) is 0 Å². The SMILES string of the molecule is C=C1c2ccccc2C(=O)c2c(NCCCC)ccc(NCCCOCCC)c21.CCCO.CCCOCCO. The predicted octanol–water partition coefficient (Wildman–Crippen LogP) is 6.53. The molecule has 0 heterocycles. The van der Waals surface area contributed by atoms with Crippen LogP contribution in [0.5, 0.6) is 0 Å². The molecule has 0 fully saturated rings. The van der Waals surface area contributed by atoms with Gasteiger partial charge in [-0.15, -0.1) is 0 Å². The van der Waals surface area contributed by atoms with Gasteiger partial charge in [-0.05, 0) is 55.4 Å². The van der Waals surface area contributed by atoms with Crippen molar-refractivity contribution in [3.05, 3.63) is 65.2 Å². The molecule has 2 aromatic rings. The van der Waals surface area contributed by atoms with Crippen LogP contribution in [0.15, 0.2) is 43.0 Å². The van der Waals surface area contributed by atoms with Gasteiger partial charge in [0.2, 0.25) is 0 Å². The fourth-order valence-corrected chi connectivity index (χ4v) is 4.01. The van der Waals surface area contributed by atoms with Gasteiger partial charge >= 0.3 is 0 Å². The van der Waals surface area contributed by atoms with Crippen molar-refractivity contribution in [2.45, 2.75) is 66.2 Å². The molecule has 7 heteroatoms. The molecule has 0 spiro atoms. The number of carbonyl (C=O) groups excluding carboxylic acids is 1. The van der Waals surface area contributed by atoms with Gasteiger partial charge in [0.1, 0.15) is 0 Å². The lowest BCUT2D eigenvalue weighted by Crippen LogP contribution is -2.19. The maximum absolute atomic E-state index is 13.4. The number of hydrogen-bond acceptors (Lipinski definition) is 7. The molecule has 4 N–H and O–H groups in total. The Bertz CT molecular complexity index is 987. The minimum Gasteiger partial charge on any atom is -0.396 e. The molecule has 40 heavy (non-hydrogen) atoms. The maximum Gasteiger partial charge on any atom is 0.196 e. The van der Waals surface area contributed by atoms with E-state index in [9.17, 15) is 4.79 Å². The standard InChI is InChI=1S/C25H32N2O2.C5H12O2.C3H8O/c1-4-6-14-26-22-13-12-21(27-15-9-17-29-16-5-2)23-18(3)19-10-7-8-11-20(19)25(28)24(22)23;1-2-4-7-5-3-6;1-2-3-4/h7-8,10-13,26-27H,3-6,9,14-17H2,1-2H3;6H,2-5H2,1H3;4H,2-3H2,1H3. The van der Waals surface area contributed by atoms with Crippen LogP contribution >= 0.6 is 0 Å². The third-order valence-corrected chi connectivity index (χ3v) is 6.01. The molecule has 0 aromatic heterocycles. The number of carbonyl (C=O) groups is 1. The van der Waals surface area contributed by atoms with E-state index < -0.39 is 0 Å². The number of rotatable bonds is 16. The summed E-state index contributed by atoms with van der Waals surface area (Å²) < 4.78 is 10.5. The summed E-state index contributed by atoms with van der Waals surface area (Å²) in [6.45, 7) is 17.5. The second-order valence-electron chi connectivity index (χ2n) is 9.50. The zero-order valence-corrected chi connectivity index (χ0v) is 25.2. The molecular weight excluding hydrogens is 504 g/mol. The van der Waals surface area contributed by atoms with Gasteiger partial charge in [0.25, 0.3) is 0 Å². The van der Waals surface area contributed by atoms with Crippen molar-refractivity contribution < 1.29 is 24.5 Å². The van der Waals surface area contributed by atoms with Gasteiger partial charge in [0.05, 0.1) is 18.8 Å². The van der Waals surface area contributed by atoms with Crippen LogP contribution in [0.25, 0.3) is 5.57 Å². The fraction of sp³-hybridized carbons (Fsp3) is 0.545. The molecule has 2 aromatic carbocycles. The molecule has 1 aliphatic carbocycles. The van der Waals surface area contributed by atoms with Crippen molar-refractivity contribution in [1.82, 2.24) is 0 Å². The first-order valence-corrected chi connectivity index (χ1v) is 14.9. The van der Waals surface area contributed by atoms with E-state index in [0.717, 1.165) is 111 Å². The van der Waals surface area contributed by atoms with Gasteiger partial charge in [-0.1, -0.05) is 65.0 Å². The normalized spacial score (nSPS) is 11.4. The highest BCUT2D eigenvalue weighted by Gasteiger charge is 2.30. The molecule has 0 atom stereocenters. The number of aliphatic hydroxyl groups excluding tert-OH is 2. The minimum atomic E-state index is 0.0666. The van der Waals surface area contributed by atoms with Gasteiger partial charge in [0.15, 0.2) is 5.78 Å². The molecule has 0 saturated carbocycles. The summed E-state index contributed by atoms with van der Waals surface area (Å²) in [7, 11) is 0. The van der Waals surface area contributed by atoms with E-state index in [1.54, 1.807) is 0 Å². The highest BCUT2D eigenvalue weighted by molar-refractivity contribution is 6.22. The smallest absolute Gasteiger partial charge is 0.196 e. The highest BCUT2D eigenvalue weighted by Crippen LogP contribution is 2.42. The lowest BCUT2D eigenvalue weighted by atomic mass is 9.80. The molecule has 0 unspecified atom stereocenters. The predicted molar refractivity (Wildman–Crippen MR) is 168 cm³/mol. The summed E-state index contributed by atoms with van der Waals surface area (Å²) in [5, 5.41) is 23.0. The second kappa shape index (κ2) is 22.0. The number of anilines is 2. The number of hydrogen-bond donors (Lipinski definition) is 4. The van der Waals surface area contributed by atoms with E-state index in [1.165, 1.54) is 0 Å². The second-order valence-corrected chi connectivity index (χ2v) is 9.50. The Kier molecular flexibility index (Phi) is 19.5. The summed E-state index contributed by atoms with van der Waals surface area (Å²) in [5.74, 6) is 0.0666. The summed E-state index contributed by atoms with van der Waals surface area (Å²) >= 11 is 0. The Morgan fingerprint density at radius 3 is 1.77 bits per heavy atom. The molecule has 0 amide bonds. The molecule has 0 bridgehead atoms. The van der Waals surface area contributed by atoms with Crippen LogP contribution in [-0.4, -0.2) is 68.7 Å². The first-order chi connectivity index (χ1) is 19.5. The van der Waals surface area contributed by atoms with Crippen molar-refractivity contribution in [2.75, 3.05) is 63.4 Å². The van der Waals surface area contributed by atoms with E-state index >= 15 is 0 Å². The molecule has 0 saturated heterocycles. The molecule has 1 aliphatic rings. The van der Waals surface area contributed by atoms with Gasteiger partial charge in [-0.2, -0.15) is 0 Å². The lowest BCUT2D eigenvalue weighted by molar-refractivity contribution is 0.0928. The zero-order valence-electron chi connectivity index (χ0n) is 25.2. The number of ketones is 1. The Balaban J connectivity index is 0.000000617. The van der Waals surface area contributed by atoms with E-state index in [0.29, 0.717) is 13.2 Å². The minimum absolute atomic E-state index is 0.0666. The Morgan fingerprint density at radius 2 is 1.23 bits per heavy atom. The van der Waals surface area contributed by atoms with Crippen LogP contribution in [-0.2, 0) is 9.47 Å². The summed E-state index contributed by atoms with van der Waals surface area (Å²) in [5.41, 5.74) is 6.06. The molecule has 0 radical (unpaired) electrons. The van der Waals surface area contributed by atoms with E-state index in [1.807, 2.05) is 44.2 Å². The zero-order chi connectivity index (χ0) is 29.6. The van der Waals surface area contributed by atoms with Crippen molar-refractivity contribution in [1.29, 1.82) is 0 Å². The van der Waals surface area contributed by atoms with Crippen molar-refractivity contribution in [2.24, 2.45) is 0 Å². The van der Waals surface area contributed by atoms with Crippen molar-refractivity contribution in [3.63, 3.8) is 0 Å². The van der Waals surface area contributed by atoms with Crippen LogP contribution < -0.4 is 10.6 Å². The molecule has 7 nitrogen and oxygen atoms in total. The number of aliphatic hydroxyl groups is 2. The average Bonchev–Trinajstić information content (AvgIpc) is 2.98. The largest absolute Gasteiger partial charge is 0.396 e. The summed E-state index contributed by atoms with van der Waals surface area (Å²) in [4.78, 5) is 13.4. The third kappa shape index (κ3) is 11.8. The Morgan fingerprint density at radius 1 is 0.675 bits per heavy atom. The number of nitrogens with one attached hydrogen (secondary N) is 2. The Labute approximate surface area is 242 Å². The van der Waals surface area contributed by atoms with E-state index in [4.69, 9.17) is 19.7 Å². The van der Waals surface area contributed by atoms with Gasteiger partial charge < -0.3 is 30.3 Å². The Hall–Kier alpha value is -2.71. The monoisotopic (exact) mass is 556 g/mol. The maximum atomic E-state index is 13.4. The van der Waals surface area contributed by atoms with Crippen molar-refractivity contribution in [3.8, 4) is 0 Å². The summed E-state index contributed by atoms with van der Waals surface area (Å²) in [6, 6.07) is 11.8. The lowest BCUT2D eigenvalue weighted by Gasteiger charge is -2.26. The number of benzene rings is 2. The van der Waals surface area contributed by atoms with Crippen molar-refractivity contribution >= 4 is 22.7 Å². The first kappa shape index (κ1) is 35.3. The van der Waals surface area contributed by atoms with Crippen LogP contribution in [0.3, 0.4) is 0 Å². The van der Waals surface area contributed by atoms with Crippen LogP contribution in [0.1, 0.15) is 93.3 Å². The molecular formula is C33H52N2O5. The molecule has 3 rings (SSSR count). The average molecular weight is 557 g/mol. The summed E-state index contributed by atoms with van der Waals surface area (Å²) in [6.07, 6.45) is 6.04. The highest BCUT2D eigenvalue weighted by atomic mass is 16.5. The van der Waals surface area contributed by atoms with Crippen LogP contribution in [0.4, 0.5) is 11.4 Å². The van der Waals surface area contributed by atoms with Crippen LogP contribution in [0, 0.1) is 0 Å². The number of unbranched alkanes of at least 4 members (excludes halogenated alkanes) is 1. The van der Waals surface area contributed by atoms with E-state index in [-0.39, 0.29) is 12.4 Å². The fourth-order valence-electron chi connectivity index (χ4n) is 4.01. The molecule has 224 valence electrons. The van der Waals surface area contributed by atoms with Gasteiger partial charge in [-0.25, -0.2) is 0 Å². The van der Waals surface area contributed by atoms with Gasteiger partial charge in [-0.3, -0.25) is 4.79 Å². The third-order valence-electron chi connectivity index (χ3n) is 6.01. The number of ether oxygens (including phenoxy) is 2. The van der Waals surface area contributed by atoms with Gasteiger partial charge in [0, 0.05) is 62.0 Å². The quantitative estimate of drug-likeness (QED) is 0.149. The topological polar surface area (TPSA) is 100 Å². The number of fused-ring (bicyclic) bond motifs is 2. The first-order valence-electron chi connectivity index (χ1n) is 14.9.